The smallest absolute Gasteiger partial charge is 0.413 e. The number of anilines is 1. The van der Waals surface area contributed by atoms with Gasteiger partial charge in [0.05, 0.1) is 17.6 Å². The highest BCUT2D eigenvalue weighted by atomic mass is 32.1. The summed E-state index contributed by atoms with van der Waals surface area (Å²) in [5.74, 6) is 0.0114. The van der Waals surface area contributed by atoms with Crippen molar-refractivity contribution in [2.24, 2.45) is 0 Å². The Bertz CT molecular complexity index is 645. The van der Waals surface area contributed by atoms with Crippen LogP contribution in [0.3, 0.4) is 0 Å². The maximum absolute atomic E-state index is 12.4. The molecule has 1 aromatic rings. The van der Waals surface area contributed by atoms with Crippen molar-refractivity contribution >= 4 is 34.3 Å². The highest BCUT2D eigenvalue weighted by molar-refractivity contribution is 7.17. The molecule has 8 nitrogen and oxygen atoms in total. The van der Waals surface area contributed by atoms with Crippen molar-refractivity contribution in [2.45, 2.75) is 33.3 Å². The summed E-state index contributed by atoms with van der Waals surface area (Å²) in [6, 6.07) is 0. The van der Waals surface area contributed by atoms with Gasteiger partial charge in [-0.25, -0.2) is 9.78 Å². The van der Waals surface area contributed by atoms with Crippen LogP contribution >= 0.6 is 11.3 Å². The van der Waals surface area contributed by atoms with Gasteiger partial charge in [0.15, 0.2) is 10.9 Å². The van der Waals surface area contributed by atoms with E-state index in [1.165, 1.54) is 6.20 Å². The molecule has 138 valence electrons. The van der Waals surface area contributed by atoms with E-state index in [-0.39, 0.29) is 18.2 Å². The van der Waals surface area contributed by atoms with Gasteiger partial charge in [0.2, 0.25) is 5.91 Å². The first-order valence-corrected chi connectivity index (χ1v) is 8.92. The zero-order chi connectivity index (χ0) is 18.6. The van der Waals surface area contributed by atoms with Gasteiger partial charge in [0.1, 0.15) is 5.60 Å². The number of ketones is 1. The third kappa shape index (κ3) is 6.09. The van der Waals surface area contributed by atoms with Gasteiger partial charge in [0.25, 0.3) is 0 Å². The number of amides is 2. The molecule has 0 radical (unpaired) electrons. The van der Waals surface area contributed by atoms with E-state index in [0.29, 0.717) is 36.2 Å². The summed E-state index contributed by atoms with van der Waals surface area (Å²) in [5.41, 5.74) is -0.595. The Morgan fingerprint density at radius 1 is 1.24 bits per heavy atom. The summed E-state index contributed by atoms with van der Waals surface area (Å²) in [5, 5.41) is 2.86. The average Bonchev–Trinajstić information content (AvgIpc) is 2.94. The van der Waals surface area contributed by atoms with Crippen LogP contribution in [0, 0.1) is 0 Å². The molecule has 1 fully saturated rings. The van der Waals surface area contributed by atoms with Crippen molar-refractivity contribution in [2.75, 3.05) is 38.0 Å². The molecule has 0 spiro atoms. The third-order valence-electron chi connectivity index (χ3n) is 3.57. The molecule has 1 aromatic heterocycles. The monoisotopic (exact) mass is 368 g/mol. The number of thiazole rings is 1. The van der Waals surface area contributed by atoms with Crippen molar-refractivity contribution in [1.29, 1.82) is 0 Å². The number of ether oxygens (including phenoxy) is 1. The van der Waals surface area contributed by atoms with Gasteiger partial charge in [-0.1, -0.05) is 11.3 Å². The summed E-state index contributed by atoms with van der Waals surface area (Å²) < 4.78 is 5.15. The molecule has 1 aliphatic heterocycles. The molecule has 0 aliphatic carbocycles. The number of rotatable bonds is 4. The molecule has 0 unspecified atom stereocenters. The van der Waals surface area contributed by atoms with Gasteiger partial charge in [-0.2, -0.15) is 0 Å². The highest BCUT2D eigenvalue weighted by Crippen LogP contribution is 2.20. The van der Waals surface area contributed by atoms with Crippen LogP contribution in [0.5, 0.6) is 0 Å². The molecular formula is C16H24N4O4S. The number of nitrogens with zero attached hydrogens (tertiary/aromatic N) is 3. The maximum atomic E-state index is 12.4. The van der Waals surface area contributed by atoms with Crippen LogP contribution in [0.25, 0.3) is 0 Å². The Kier molecular flexibility index (Phi) is 6.12. The summed E-state index contributed by atoms with van der Waals surface area (Å²) in [4.78, 5) is 43.7. The van der Waals surface area contributed by atoms with Crippen molar-refractivity contribution in [3.8, 4) is 0 Å². The minimum atomic E-state index is -0.596. The molecule has 1 N–H and O–H groups in total. The fourth-order valence-corrected chi connectivity index (χ4v) is 3.09. The van der Waals surface area contributed by atoms with E-state index < -0.39 is 11.7 Å². The average molecular weight is 368 g/mol. The Labute approximate surface area is 151 Å². The molecule has 0 saturated carbocycles. The minimum Gasteiger partial charge on any atom is -0.444 e. The molecule has 0 bridgehead atoms. The molecule has 2 rings (SSSR count). The van der Waals surface area contributed by atoms with E-state index >= 15 is 0 Å². The van der Waals surface area contributed by atoms with Crippen molar-refractivity contribution in [3.63, 3.8) is 0 Å². The lowest BCUT2D eigenvalue weighted by Crippen LogP contribution is -2.49. The second-order valence-electron chi connectivity index (χ2n) is 6.86. The molecule has 25 heavy (non-hydrogen) atoms. The lowest BCUT2D eigenvalue weighted by Gasteiger charge is -2.33. The number of carbonyl (C=O) groups excluding carboxylic acids is 3. The molecule has 0 atom stereocenters. The van der Waals surface area contributed by atoms with Gasteiger partial charge in [-0.15, -0.1) is 0 Å². The number of nitrogens with one attached hydrogen (secondary N) is 1. The van der Waals surface area contributed by atoms with E-state index in [1.54, 1.807) is 32.6 Å². The van der Waals surface area contributed by atoms with Gasteiger partial charge < -0.3 is 9.64 Å². The first kappa shape index (κ1) is 19.3. The Morgan fingerprint density at radius 2 is 1.88 bits per heavy atom. The Hall–Kier alpha value is -2.00. The van der Waals surface area contributed by atoms with Crippen LogP contribution in [0.4, 0.5) is 9.93 Å². The first-order valence-electron chi connectivity index (χ1n) is 8.11. The summed E-state index contributed by atoms with van der Waals surface area (Å²) in [7, 11) is 0. The van der Waals surface area contributed by atoms with Crippen LogP contribution in [0.1, 0.15) is 37.4 Å². The quantitative estimate of drug-likeness (QED) is 0.816. The topological polar surface area (TPSA) is 91.8 Å². The number of hydrogen-bond donors (Lipinski definition) is 1. The largest absolute Gasteiger partial charge is 0.444 e. The number of aromatic nitrogens is 1. The van der Waals surface area contributed by atoms with Crippen LogP contribution in [0.2, 0.25) is 0 Å². The van der Waals surface area contributed by atoms with Crippen molar-refractivity contribution in [1.82, 2.24) is 14.8 Å². The molecule has 2 heterocycles. The van der Waals surface area contributed by atoms with Gasteiger partial charge >= 0.3 is 6.09 Å². The van der Waals surface area contributed by atoms with Crippen LogP contribution < -0.4 is 5.32 Å². The number of carbonyl (C=O) groups is 3. The zero-order valence-corrected chi connectivity index (χ0v) is 15.8. The van der Waals surface area contributed by atoms with Gasteiger partial charge in [0, 0.05) is 33.1 Å². The van der Waals surface area contributed by atoms with E-state index in [4.69, 9.17) is 4.74 Å². The lowest BCUT2D eigenvalue weighted by atomic mass is 10.2. The van der Waals surface area contributed by atoms with Gasteiger partial charge in [-0.05, 0) is 20.8 Å². The van der Waals surface area contributed by atoms with E-state index in [9.17, 15) is 14.4 Å². The fourth-order valence-electron chi connectivity index (χ4n) is 2.35. The predicted molar refractivity (Wildman–Crippen MR) is 95.0 cm³/mol. The van der Waals surface area contributed by atoms with Crippen LogP contribution in [-0.2, 0) is 9.53 Å². The number of hydrogen-bond acceptors (Lipinski definition) is 7. The SMILES string of the molecule is CC(=O)N1CCN(CC(=O)c2cnc(NC(=O)OC(C)(C)C)s2)CC1. The number of piperazine rings is 1. The minimum absolute atomic E-state index is 0.0500. The van der Waals surface area contributed by atoms with Crippen molar-refractivity contribution < 1.29 is 19.1 Å². The summed E-state index contributed by atoms with van der Waals surface area (Å²) in [6.07, 6.45) is 0.868. The molecule has 1 saturated heterocycles. The molecular weight excluding hydrogens is 344 g/mol. The standard InChI is InChI=1S/C16H24N4O4S/c1-11(21)20-7-5-19(6-8-20)10-12(22)13-9-17-14(25-13)18-15(23)24-16(2,3)4/h9H,5-8,10H2,1-4H3,(H,17,18,23). The van der Waals surface area contributed by atoms with Gasteiger partial charge in [-0.3, -0.25) is 19.8 Å². The zero-order valence-electron chi connectivity index (χ0n) is 15.0. The summed E-state index contributed by atoms with van der Waals surface area (Å²) >= 11 is 1.13. The maximum Gasteiger partial charge on any atom is 0.413 e. The third-order valence-corrected chi connectivity index (χ3v) is 4.53. The van der Waals surface area contributed by atoms with E-state index in [0.717, 1.165) is 11.3 Å². The normalized spacial score (nSPS) is 15.8. The first-order chi connectivity index (χ1) is 11.6. The number of Topliss-reactive ketones (excluding diaryl/α,β-unsaturated/α-hetero) is 1. The Morgan fingerprint density at radius 3 is 2.44 bits per heavy atom. The fraction of sp³-hybridized carbons (Fsp3) is 0.625. The van der Waals surface area contributed by atoms with E-state index in [2.05, 4.69) is 10.3 Å². The highest BCUT2D eigenvalue weighted by Gasteiger charge is 2.22. The van der Waals surface area contributed by atoms with E-state index in [1.807, 2.05) is 4.90 Å². The van der Waals surface area contributed by atoms with Crippen LogP contribution in [0.15, 0.2) is 6.20 Å². The summed E-state index contributed by atoms with van der Waals surface area (Å²) in [6.45, 7) is 9.77. The predicted octanol–water partition coefficient (Wildman–Crippen LogP) is 1.84. The Balaban J connectivity index is 1.84. The van der Waals surface area contributed by atoms with Crippen LogP contribution in [-0.4, -0.2) is 70.9 Å². The lowest BCUT2D eigenvalue weighted by molar-refractivity contribution is -0.130. The molecule has 2 amide bonds. The molecule has 1 aliphatic rings. The molecule has 9 heteroatoms. The second kappa shape index (κ2) is 7.92. The molecule has 0 aromatic carbocycles. The van der Waals surface area contributed by atoms with Crippen molar-refractivity contribution in [3.05, 3.63) is 11.1 Å². The second-order valence-corrected chi connectivity index (χ2v) is 7.89.